The topological polar surface area (TPSA) is 103 Å². The number of urea groups is 1. The third-order valence-corrected chi connectivity index (χ3v) is 5.39. The summed E-state index contributed by atoms with van der Waals surface area (Å²) in [5, 5.41) is 14.8. The number of H-pyrrole nitrogens is 1. The van der Waals surface area contributed by atoms with Gasteiger partial charge in [-0.3, -0.25) is 4.57 Å². The van der Waals surface area contributed by atoms with Crippen molar-refractivity contribution in [3.8, 4) is 17.2 Å². The van der Waals surface area contributed by atoms with Gasteiger partial charge in [0.2, 0.25) is 0 Å². The number of benzene rings is 3. The molecule has 0 saturated heterocycles. The molecule has 160 valence electrons. The molecule has 0 aliphatic heterocycles. The summed E-state index contributed by atoms with van der Waals surface area (Å²) in [5.41, 5.74) is 4.96. The number of nitrogens with one attached hydrogen (secondary N) is 3. The van der Waals surface area contributed by atoms with Gasteiger partial charge in [-0.05, 0) is 47.9 Å². The van der Waals surface area contributed by atoms with Crippen LogP contribution in [-0.4, -0.2) is 22.1 Å². The van der Waals surface area contributed by atoms with Crippen molar-refractivity contribution in [1.82, 2.24) is 20.2 Å². The van der Waals surface area contributed by atoms with Gasteiger partial charge < -0.3 is 15.6 Å². The van der Waals surface area contributed by atoms with E-state index in [1.54, 1.807) is 10.6 Å². The summed E-state index contributed by atoms with van der Waals surface area (Å²) in [4.78, 5) is 27.2. The van der Waals surface area contributed by atoms with Crippen LogP contribution in [0.15, 0.2) is 77.6 Å². The number of imidazole rings is 1. The Hall–Kier alpha value is -4.31. The molecule has 3 N–H and O–H groups in total. The third kappa shape index (κ3) is 4.55. The number of amides is 2. The fourth-order valence-electron chi connectivity index (χ4n) is 3.67. The zero-order chi connectivity index (χ0) is 22.5. The lowest BCUT2D eigenvalue weighted by atomic mass is 10.0. The molecule has 0 aliphatic carbocycles. The standard InChI is InChI=1S/C25H23N5O2/c1-17(19-9-11-20(12-10-19)21-6-4-5-18(15-21)16-26)28-24(31)27-13-14-30-23-8-3-2-7-22(23)29-25(30)32/h2-12,15,17H,13-14H2,1H3,(H,29,32)(H2,27,28,31). The Labute approximate surface area is 185 Å². The zero-order valence-electron chi connectivity index (χ0n) is 17.6. The molecule has 0 bridgehead atoms. The molecule has 7 heteroatoms. The third-order valence-electron chi connectivity index (χ3n) is 5.39. The molecular weight excluding hydrogens is 402 g/mol. The van der Waals surface area contributed by atoms with E-state index in [1.807, 2.05) is 73.7 Å². The highest BCUT2D eigenvalue weighted by atomic mass is 16.2. The van der Waals surface area contributed by atoms with E-state index < -0.39 is 0 Å². The van der Waals surface area contributed by atoms with Gasteiger partial charge in [-0.15, -0.1) is 0 Å². The maximum Gasteiger partial charge on any atom is 0.326 e. The predicted molar refractivity (Wildman–Crippen MR) is 124 cm³/mol. The van der Waals surface area contributed by atoms with Gasteiger partial charge in [0.05, 0.1) is 28.7 Å². The molecule has 0 spiro atoms. The van der Waals surface area contributed by atoms with Crippen molar-refractivity contribution in [3.05, 3.63) is 94.4 Å². The molecule has 1 unspecified atom stereocenters. The van der Waals surface area contributed by atoms with Crippen LogP contribution in [0.1, 0.15) is 24.1 Å². The van der Waals surface area contributed by atoms with Gasteiger partial charge in [0.1, 0.15) is 0 Å². The molecule has 4 aromatic rings. The first-order chi connectivity index (χ1) is 15.5. The van der Waals surface area contributed by atoms with E-state index in [1.165, 1.54) is 0 Å². The zero-order valence-corrected chi connectivity index (χ0v) is 17.6. The van der Waals surface area contributed by atoms with Crippen molar-refractivity contribution in [2.45, 2.75) is 19.5 Å². The van der Waals surface area contributed by atoms with Gasteiger partial charge in [-0.2, -0.15) is 5.26 Å². The molecule has 32 heavy (non-hydrogen) atoms. The van der Waals surface area contributed by atoms with Gasteiger partial charge >= 0.3 is 11.7 Å². The summed E-state index contributed by atoms with van der Waals surface area (Å²) >= 11 is 0. The number of para-hydroxylation sites is 2. The van der Waals surface area contributed by atoms with Crippen molar-refractivity contribution in [2.24, 2.45) is 0 Å². The van der Waals surface area contributed by atoms with E-state index in [0.717, 1.165) is 27.7 Å². The minimum Gasteiger partial charge on any atom is -0.336 e. The maximum atomic E-state index is 12.3. The Bertz CT molecular complexity index is 1350. The molecular formula is C25H23N5O2. The van der Waals surface area contributed by atoms with Crippen LogP contribution >= 0.6 is 0 Å². The summed E-state index contributed by atoms with van der Waals surface area (Å²) < 4.78 is 1.61. The van der Waals surface area contributed by atoms with Gasteiger partial charge in [-0.1, -0.05) is 48.5 Å². The smallest absolute Gasteiger partial charge is 0.326 e. The highest BCUT2D eigenvalue weighted by Crippen LogP contribution is 2.23. The van der Waals surface area contributed by atoms with Crippen molar-refractivity contribution in [1.29, 1.82) is 5.26 Å². The average Bonchev–Trinajstić information content (AvgIpc) is 3.14. The molecule has 2 amide bonds. The van der Waals surface area contributed by atoms with E-state index in [9.17, 15) is 9.59 Å². The number of aromatic amines is 1. The highest BCUT2D eigenvalue weighted by Gasteiger charge is 2.11. The number of nitrogens with zero attached hydrogens (tertiary/aromatic N) is 2. The van der Waals surface area contributed by atoms with Crippen LogP contribution in [0.4, 0.5) is 4.79 Å². The summed E-state index contributed by atoms with van der Waals surface area (Å²) in [6.07, 6.45) is 0. The summed E-state index contributed by atoms with van der Waals surface area (Å²) in [6, 6.07) is 24.5. The number of hydrogen-bond acceptors (Lipinski definition) is 3. The molecule has 0 radical (unpaired) electrons. The van der Waals surface area contributed by atoms with Crippen LogP contribution in [0.25, 0.3) is 22.2 Å². The second kappa shape index (κ2) is 9.23. The molecule has 1 aromatic heterocycles. The van der Waals surface area contributed by atoms with Crippen LogP contribution < -0.4 is 16.3 Å². The van der Waals surface area contributed by atoms with Crippen LogP contribution in [0.3, 0.4) is 0 Å². The van der Waals surface area contributed by atoms with Gasteiger partial charge in [0, 0.05) is 13.1 Å². The fourth-order valence-corrected chi connectivity index (χ4v) is 3.67. The first kappa shape index (κ1) is 20.9. The van der Waals surface area contributed by atoms with Crippen molar-refractivity contribution < 1.29 is 4.79 Å². The summed E-state index contributed by atoms with van der Waals surface area (Å²) in [6.45, 7) is 2.62. The lowest BCUT2D eigenvalue weighted by Crippen LogP contribution is -2.39. The quantitative estimate of drug-likeness (QED) is 0.436. The second-order valence-corrected chi connectivity index (χ2v) is 7.54. The van der Waals surface area contributed by atoms with Gasteiger partial charge in [0.25, 0.3) is 0 Å². The average molecular weight is 425 g/mol. The Morgan fingerprint density at radius 2 is 1.84 bits per heavy atom. The van der Waals surface area contributed by atoms with Crippen LogP contribution in [0, 0.1) is 11.3 Å². The van der Waals surface area contributed by atoms with E-state index in [2.05, 4.69) is 21.7 Å². The molecule has 3 aromatic carbocycles. The monoisotopic (exact) mass is 425 g/mol. The largest absolute Gasteiger partial charge is 0.336 e. The van der Waals surface area contributed by atoms with Gasteiger partial charge in [-0.25, -0.2) is 9.59 Å². The minimum absolute atomic E-state index is 0.190. The Balaban J connectivity index is 1.33. The number of carbonyl (C=O) groups is 1. The van der Waals surface area contributed by atoms with Gasteiger partial charge in [0.15, 0.2) is 0 Å². The number of hydrogen-bond donors (Lipinski definition) is 3. The second-order valence-electron chi connectivity index (χ2n) is 7.54. The number of nitriles is 1. The lowest BCUT2D eigenvalue weighted by molar-refractivity contribution is 0.237. The first-order valence-corrected chi connectivity index (χ1v) is 10.4. The molecule has 0 fully saturated rings. The Morgan fingerprint density at radius 3 is 2.62 bits per heavy atom. The molecule has 7 nitrogen and oxygen atoms in total. The minimum atomic E-state index is -0.295. The van der Waals surface area contributed by atoms with Crippen molar-refractivity contribution >= 4 is 17.1 Å². The molecule has 0 saturated carbocycles. The fraction of sp³-hybridized carbons (Fsp3) is 0.160. The van der Waals surface area contributed by atoms with E-state index in [4.69, 9.17) is 5.26 Å². The normalized spacial score (nSPS) is 11.6. The van der Waals surface area contributed by atoms with E-state index in [0.29, 0.717) is 18.7 Å². The molecule has 1 atom stereocenters. The highest BCUT2D eigenvalue weighted by molar-refractivity contribution is 5.75. The Morgan fingerprint density at radius 1 is 1.06 bits per heavy atom. The van der Waals surface area contributed by atoms with Crippen molar-refractivity contribution in [2.75, 3.05) is 6.54 Å². The molecule has 4 rings (SSSR count). The summed E-state index contributed by atoms with van der Waals surface area (Å²) in [5.74, 6) is 0. The first-order valence-electron chi connectivity index (χ1n) is 10.4. The molecule has 1 heterocycles. The maximum absolute atomic E-state index is 12.3. The predicted octanol–water partition coefficient (Wildman–Crippen LogP) is 3.93. The number of fused-ring (bicyclic) bond motifs is 1. The van der Waals surface area contributed by atoms with E-state index in [-0.39, 0.29) is 17.8 Å². The van der Waals surface area contributed by atoms with E-state index >= 15 is 0 Å². The number of rotatable bonds is 6. The number of carbonyl (C=O) groups excluding carboxylic acids is 1. The Kier molecular flexibility index (Phi) is 6.04. The number of aromatic nitrogens is 2. The summed E-state index contributed by atoms with van der Waals surface area (Å²) in [7, 11) is 0. The van der Waals surface area contributed by atoms with Crippen LogP contribution in [0.2, 0.25) is 0 Å². The molecule has 0 aliphatic rings. The van der Waals surface area contributed by atoms with Crippen molar-refractivity contribution in [3.63, 3.8) is 0 Å². The SMILES string of the molecule is CC(NC(=O)NCCn1c(=O)[nH]c2ccccc21)c1ccc(-c2cccc(C#N)c2)cc1. The van der Waals surface area contributed by atoms with Crippen LogP contribution in [0.5, 0.6) is 0 Å². The lowest BCUT2D eigenvalue weighted by Gasteiger charge is -2.16. The van der Waals surface area contributed by atoms with Crippen LogP contribution in [-0.2, 0) is 6.54 Å².